The normalized spacial score (nSPS) is 15.9. The Morgan fingerprint density at radius 2 is 2.27 bits per heavy atom. The molecule has 1 aromatic rings. The number of nitrogens with one attached hydrogen (secondary N) is 2. The fourth-order valence-electron chi connectivity index (χ4n) is 1.79. The smallest absolute Gasteiger partial charge is 0.348 e. The monoisotopic (exact) mass is 333 g/mol. The summed E-state index contributed by atoms with van der Waals surface area (Å²) in [5.41, 5.74) is 5.31. The fraction of sp³-hybridized carbons (Fsp3) is 0.400. The minimum atomic E-state index is -4.32. The van der Waals surface area contributed by atoms with Crippen molar-refractivity contribution in [3.05, 3.63) is 22.2 Å². The van der Waals surface area contributed by atoms with Crippen molar-refractivity contribution in [3.63, 3.8) is 0 Å². The Kier molecular flexibility index (Phi) is 4.84. The van der Waals surface area contributed by atoms with E-state index in [1.165, 1.54) is 0 Å². The first kappa shape index (κ1) is 16.5. The Morgan fingerprint density at radius 3 is 2.91 bits per heavy atom. The molecule has 0 spiro atoms. The number of ether oxygens (including phenoxy) is 1. The van der Waals surface area contributed by atoms with Gasteiger partial charge in [-0.2, -0.15) is 4.98 Å². The molecule has 12 heteroatoms. The lowest BCUT2D eigenvalue weighted by molar-refractivity contribution is 0.0439. The number of hydrogen-bond donors (Lipinski definition) is 6. The molecule has 0 saturated carbocycles. The third-order valence-corrected chi connectivity index (χ3v) is 3.34. The molecule has 122 valence electrons. The molecular formula is C10H16N5O6P. The van der Waals surface area contributed by atoms with E-state index >= 15 is 0 Å². The molecule has 0 bridgehead atoms. The second-order valence-corrected chi connectivity index (χ2v) is 5.95. The topological polar surface area (TPSA) is 174 Å². The molecule has 0 saturated heterocycles. The molecule has 0 aliphatic carbocycles. The highest BCUT2D eigenvalue weighted by molar-refractivity contribution is 7.55. The van der Waals surface area contributed by atoms with Crippen LogP contribution in [0.1, 0.15) is 0 Å². The maximum Gasteiger partial charge on any atom is 0.348 e. The van der Waals surface area contributed by atoms with Crippen LogP contribution in [0.15, 0.2) is 16.7 Å². The van der Waals surface area contributed by atoms with Crippen LogP contribution >= 0.6 is 7.60 Å². The minimum absolute atomic E-state index is 0.0439. The molecule has 0 fully saturated rings. The summed E-state index contributed by atoms with van der Waals surface area (Å²) in [5, 5.41) is 11.9. The van der Waals surface area contributed by atoms with Gasteiger partial charge in [0, 0.05) is 5.82 Å². The number of nitrogens with zero attached hydrogens (tertiary/aromatic N) is 2. The van der Waals surface area contributed by atoms with Crippen LogP contribution in [0, 0.1) is 0 Å². The lowest BCUT2D eigenvalue weighted by Crippen LogP contribution is -2.30. The highest BCUT2D eigenvalue weighted by Crippen LogP contribution is 2.36. The highest BCUT2D eigenvalue weighted by Gasteiger charge is 2.24. The van der Waals surface area contributed by atoms with E-state index in [9.17, 15) is 9.36 Å². The summed E-state index contributed by atoms with van der Waals surface area (Å²) in [5.74, 6) is 0.917. The first-order valence-corrected chi connectivity index (χ1v) is 7.84. The lowest BCUT2D eigenvalue weighted by atomic mass is 10.4. The number of aromatic nitrogens is 2. The van der Waals surface area contributed by atoms with Crippen LogP contribution in [0.4, 0.5) is 17.5 Å². The van der Waals surface area contributed by atoms with Crippen molar-refractivity contribution in [2.24, 2.45) is 0 Å². The van der Waals surface area contributed by atoms with Crippen LogP contribution in [0.25, 0.3) is 0 Å². The van der Waals surface area contributed by atoms with Crippen molar-refractivity contribution < 1.29 is 24.2 Å². The fourth-order valence-corrected chi connectivity index (χ4v) is 2.20. The predicted molar refractivity (Wildman–Crippen MR) is 78.2 cm³/mol. The van der Waals surface area contributed by atoms with E-state index in [0.29, 0.717) is 11.6 Å². The van der Waals surface area contributed by atoms with Gasteiger partial charge in [-0.1, -0.05) is 0 Å². The van der Waals surface area contributed by atoms with E-state index in [-0.39, 0.29) is 25.0 Å². The maximum atomic E-state index is 11.6. The number of fused-ring (bicyclic) bond motifs is 1. The van der Waals surface area contributed by atoms with E-state index in [1.54, 1.807) is 4.90 Å². The Balaban J connectivity index is 2.04. The van der Waals surface area contributed by atoms with Crippen molar-refractivity contribution in [1.82, 2.24) is 9.97 Å². The molecule has 1 atom stereocenters. The van der Waals surface area contributed by atoms with Gasteiger partial charge >= 0.3 is 7.60 Å². The van der Waals surface area contributed by atoms with Crippen molar-refractivity contribution in [3.8, 4) is 0 Å². The zero-order valence-corrected chi connectivity index (χ0v) is 12.2. The SMILES string of the molecule is Nc1nc2c(c(=O)[nH]1)NCN2COC(C=CP(=O)(O)O)CO. The van der Waals surface area contributed by atoms with E-state index in [4.69, 9.17) is 25.4 Å². The summed E-state index contributed by atoms with van der Waals surface area (Å²) < 4.78 is 16.1. The van der Waals surface area contributed by atoms with Gasteiger partial charge < -0.3 is 35.6 Å². The summed E-state index contributed by atoms with van der Waals surface area (Å²) in [7, 11) is -4.32. The molecule has 0 radical (unpaired) electrons. The van der Waals surface area contributed by atoms with E-state index < -0.39 is 25.9 Å². The van der Waals surface area contributed by atoms with Gasteiger partial charge in [0.2, 0.25) is 5.95 Å². The van der Waals surface area contributed by atoms with Gasteiger partial charge in [-0.3, -0.25) is 14.3 Å². The Bertz CT molecular complexity index is 670. The molecule has 1 aliphatic heterocycles. The first-order chi connectivity index (χ1) is 10.3. The van der Waals surface area contributed by atoms with E-state index in [0.717, 1.165) is 6.08 Å². The van der Waals surface area contributed by atoms with Crippen molar-refractivity contribution in [2.75, 3.05) is 36.0 Å². The number of rotatable bonds is 6. The highest BCUT2D eigenvalue weighted by atomic mass is 31.2. The quantitative estimate of drug-likeness (QED) is 0.338. The number of hydrogen-bond acceptors (Lipinski definition) is 8. The van der Waals surface area contributed by atoms with Crippen LogP contribution < -0.4 is 21.5 Å². The molecule has 11 nitrogen and oxygen atoms in total. The first-order valence-electron chi connectivity index (χ1n) is 6.16. The molecule has 0 aromatic carbocycles. The van der Waals surface area contributed by atoms with Crippen LogP contribution in [0.5, 0.6) is 0 Å². The van der Waals surface area contributed by atoms with Crippen LogP contribution in [-0.2, 0) is 9.30 Å². The average molecular weight is 333 g/mol. The van der Waals surface area contributed by atoms with E-state index in [2.05, 4.69) is 15.3 Å². The Hall–Kier alpha value is -1.91. The number of H-pyrrole nitrogens is 1. The molecule has 0 amide bonds. The number of nitrogens with two attached hydrogens (primary N) is 1. The zero-order valence-electron chi connectivity index (χ0n) is 11.3. The summed E-state index contributed by atoms with van der Waals surface area (Å²) in [6.45, 7) is -0.280. The van der Waals surface area contributed by atoms with Crippen LogP contribution in [-0.4, -0.2) is 51.0 Å². The molecule has 1 unspecified atom stereocenters. The van der Waals surface area contributed by atoms with Gasteiger partial charge in [0.05, 0.1) is 13.3 Å². The van der Waals surface area contributed by atoms with Gasteiger partial charge in [0.25, 0.3) is 5.56 Å². The number of anilines is 3. The molecule has 2 heterocycles. The van der Waals surface area contributed by atoms with Crippen molar-refractivity contribution >= 4 is 25.0 Å². The number of aromatic amines is 1. The second kappa shape index (κ2) is 6.46. The molecule has 1 aromatic heterocycles. The summed E-state index contributed by atoms with van der Waals surface area (Å²) in [4.78, 5) is 37.0. The van der Waals surface area contributed by atoms with E-state index in [1.807, 2.05) is 0 Å². The maximum absolute atomic E-state index is 11.6. The number of aliphatic hydroxyl groups excluding tert-OH is 1. The zero-order chi connectivity index (χ0) is 16.3. The van der Waals surface area contributed by atoms with Crippen LogP contribution in [0.3, 0.4) is 0 Å². The predicted octanol–water partition coefficient (Wildman–Crippen LogP) is -1.43. The third-order valence-electron chi connectivity index (χ3n) is 2.78. The molecule has 2 rings (SSSR count). The Morgan fingerprint density at radius 1 is 1.55 bits per heavy atom. The van der Waals surface area contributed by atoms with Gasteiger partial charge in [-0.25, -0.2) is 0 Å². The second-order valence-electron chi connectivity index (χ2n) is 4.47. The standard InChI is InChI=1S/C10H16N5O6P/c11-10-13-8-7(9(17)14-10)12-4-15(8)5-21-6(3-16)1-2-22(18,19)20/h1-2,6,12,16H,3-5H2,(H2,18,19,20)(H3,11,13,14,17). The number of aliphatic hydroxyl groups is 1. The minimum Gasteiger partial charge on any atom is -0.393 e. The van der Waals surface area contributed by atoms with Crippen molar-refractivity contribution in [2.45, 2.75) is 6.10 Å². The molecule has 22 heavy (non-hydrogen) atoms. The van der Waals surface area contributed by atoms with Gasteiger partial charge in [-0.05, 0) is 6.08 Å². The summed E-state index contributed by atoms with van der Waals surface area (Å²) in [6.07, 6.45) is 0.168. The largest absolute Gasteiger partial charge is 0.393 e. The van der Waals surface area contributed by atoms with Gasteiger partial charge in [0.1, 0.15) is 18.5 Å². The molecular weight excluding hydrogens is 317 g/mol. The third kappa shape index (κ3) is 4.06. The molecule has 1 aliphatic rings. The number of nitrogen functional groups attached to an aromatic ring is 1. The van der Waals surface area contributed by atoms with Crippen molar-refractivity contribution in [1.29, 1.82) is 0 Å². The molecule has 7 N–H and O–H groups in total. The summed E-state index contributed by atoms with van der Waals surface area (Å²) >= 11 is 0. The summed E-state index contributed by atoms with van der Waals surface area (Å²) in [6, 6.07) is 0. The average Bonchev–Trinajstić information content (AvgIpc) is 2.81. The van der Waals surface area contributed by atoms with Gasteiger partial charge in [-0.15, -0.1) is 0 Å². The van der Waals surface area contributed by atoms with Gasteiger partial charge in [0.15, 0.2) is 5.82 Å². The lowest BCUT2D eigenvalue weighted by Gasteiger charge is -2.20. The van der Waals surface area contributed by atoms with Crippen LogP contribution in [0.2, 0.25) is 0 Å². The Labute approximate surface area is 124 Å².